The average molecular weight is 206 g/mol. The molecule has 1 unspecified atom stereocenters. The van der Waals surface area contributed by atoms with Gasteiger partial charge in [0, 0.05) is 0 Å². The van der Waals surface area contributed by atoms with Crippen LogP contribution in [-0.4, -0.2) is 16.9 Å². The first kappa shape index (κ1) is 11.2. The molecule has 15 heavy (non-hydrogen) atoms. The Morgan fingerprint density at radius 2 is 2.07 bits per heavy atom. The van der Waals surface area contributed by atoms with E-state index >= 15 is 0 Å². The maximum absolute atomic E-state index is 10.9. The van der Waals surface area contributed by atoms with E-state index in [1.807, 2.05) is 6.92 Å². The van der Waals surface area contributed by atoms with E-state index in [9.17, 15) is 4.79 Å². The molecular weight excluding hydrogens is 192 g/mol. The minimum Gasteiger partial charge on any atom is -0.478 e. The Morgan fingerprint density at radius 1 is 1.47 bits per heavy atom. The van der Waals surface area contributed by atoms with Gasteiger partial charge in [0.15, 0.2) is 0 Å². The van der Waals surface area contributed by atoms with Crippen molar-refractivity contribution in [3.05, 3.63) is 35.4 Å². The molecule has 1 aromatic carbocycles. The van der Waals surface area contributed by atoms with Gasteiger partial charge in [-0.15, -0.1) is 0 Å². The molecule has 0 saturated heterocycles. The molecule has 1 aromatic rings. The van der Waals surface area contributed by atoms with Gasteiger partial charge < -0.3 is 10.8 Å². The Hall–Kier alpha value is -1.84. The molecule has 0 amide bonds. The number of carboxylic acids is 1. The summed E-state index contributed by atoms with van der Waals surface area (Å²) in [5.41, 5.74) is 6.41. The predicted molar refractivity (Wildman–Crippen MR) is 59.1 cm³/mol. The van der Waals surface area contributed by atoms with E-state index in [-0.39, 0.29) is 11.6 Å². The number of hydrogen-bond acceptors (Lipinski definition) is 2. The molecule has 1 rings (SSSR count). The molecule has 4 nitrogen and oxygen atoms in total. The van der Waals surface area contributed by atoms with E-state index < -0.39 is 5.97 Å². The van der Waals surface area contributed by atoms with Crippen molar-refractivity contribution in [3.63, 3.8) is 0 Å². The zero-order valence-corrected chi connectivity index (χ0v) is 8.77. The van der Waals surface area contributed by atoms with Crippen LogP contribution in [0.4, 0.5) is 0 Å². The van der Waals surface area contributed by atoms with Crippen molar-refractivity contribution < 1.29 is 9.90 Å². The monoisotopic (exact) mass is 206 g/mol. The quantitative estimate of drug-likeness (QED) is 0.585. The zero-order chi connectivity index (χ0) is 11.4. The van der Waals surface area contributed by atoms with Crippen molar-refractivity contribution >= 4 is 11.8 Å². The largest absolute Gasteiger partial charge is 0.478 e. The lowest BCUT2D eigenvalue weighted by atomic mass is 10.0. The Bertz CT molecular complexity index is 395. The van der Waals surface area contributed by atoms with E-state index in [0.717, 1.165) is 0 Å². The van der Waals surface area contributed by atoms with Crippen LogP contribution in [0.2, 0.25) is 0 Å². The number of nitrogens with two attached hydrogens (primary N) is 1. The molecule has 0 saturated carbocycles. The molecule has 0 aliphatic heterocycles. The molecule has 0 aliphatic rings. The lowest BCUT2D eigenvalue weighted by molar-refractivity contribution is 0.0695. The molecule has 80 valence electrons. The van der Waals surface area contributed by atoms with Crippen LogP contribution >= 0.6 is 0 Å². The van der Waals surface area contributed by atoms with Crippen molar-refractivity contribution in [2.45, 2.75) is 19.9 Å². The van der Waals surface area contributed by atoms with Crippen molar-refractivity contribution in [2.24, 2.45) is 10.7 Å². The zero-order valence-electron chi connectivity index (χ0n) is 8.77. The Balaban J connectivity index is 3.13. The Kier molecular flexibility index (Phi) is 3.44. The molecular formula is C11H14N2O2. The van der Waals surface area contributed by atoms with Crippen LogP contribution < -0.4 is 5.73 Å². The highest BCUT2D eigenvalue weighted by Gasteiger charge is 2.13. The minimum atomic E-state index is -0.942. The normalized spacial score (nSPS) is 13.6. The van der Waals surface area contributed by atoms with Crippen LogP contribution in [0.5, 0.6) is 0 Å². The topological polar surface area (TPSA) is 75.7 Å². The number of carboxylic acid groups (broad SMARTS) is 1. The summed E-state index contributed by atoms with van der Waals surface area (Å²) in [5.74, 6) is -0.495. The third-order valence-corrected chi connectivity index (χ3v) is 2.04. The van der Waals surface area contributed by atoms with Crippen LogP contribution in [0.25, 0.3) is 0 Å². The van der Waals surface area contributed by atoms with Crippen LogP contribution in [-0.2, 0) is 0 Å². The average Bonchev–Trinajstić information content (AvgIpc) is 2.16. The van der Waals surface area contributed by atoms with Crippen LogP contribution in [0.1, 0.15) is 35.8 Å². The van der Waals surface area contributed by atoms with Gasteiger partial charge in [0.05, 0.1) is 17.4 Å². The molecule has 0 aliphatic carbocycles. The molecule has 0 radical (unpaired) electrons. The van der Waals surface area contributed by atoms with Crippen molar-refractivity contribution in [1.82, 2.24) is 0 Å². The molecule has 0 spiro atoms. The number of benzene rings is 1. The SMILES string of the molecule is CC(N)=NC(C)c1ccccc1C(=O)O. The minimum absolute atomic E-state index is 0.234. The number of aliphatic imine (C=N–C) groups is 1. The molecule has 4 heteroatoms. The summed E-state index contributed by atoms with van der Waals surface area (Å²) in [6.07, 6.45) is 0. The van der Waals surface area contributed by atoms with E-state index in [2.05, 4.69) is 4.99 Å². The Labute approximate surface area is 88.4 Å². The number of aromatic carboxylic acids is 1. The van der Waals surface area contributed by atoms with Gasteiger partial charge in [-0.2, -0.15) is 0 Å². The van der Waals surface area contributed by atoms with Gasteiger partial charge in [-0.1, -0.05) is 18.2 Å². The third-order valence-electron chi connectivity index (χ3n) is 2.04. The van der Waals surface area contributed by atoms with Crippen molar-refractivity contribution in [2.75, 3.05) is 0 Å². The number of carbonyl (C=O) groups is 1. The van der Waals surface area contributed by atoms with Gasteiger partial charge >= 0.3 is 5.97 Å². The fourth-order valence-electron chi connectivity index (χ4n) is 1.43. The highest BCUT2D eigenvalue weighted by atomic mass is 16.4. The second-order valence-corrected chi connectivity index (χ2v) is 3.34. The lowest BCUT2D eigenvalue weighted by Crippen LogP contribution is -2.09. The van der Waals surface area contributed by atoms with Gasteiger partial charge in [0.25, 0.3) is 0 Å². The fourth-order valence-corrected chi connectivity index (χ4v) is 1.43. The standard InChI is InChI=1S/C11H14N2O2/c1-7(13-8(2)12)9-5-3-4-6-10(9)11(14)15/h3-7H,1-2H3,(H2,12,13)(H,14,15). The van der Waals surface area contributed by atoms with E-state index in [1.54, 1.807) is 31.2 Å². The van der Waals surface area contributed by atoms with Gasteiger partial charge in [-0.25, -0.2) is 4.79 Å². The number of amidine groups is 1. The van der Waals surface area contributed by atoms with Crippen molar-refractivity contribution in [3.8, 4) is 0 Å². The molecule has 0 aromatic heterocycles. The number of rotatable bonds is 3. The van der Waals surface area contributed by atoms with Gasteiger partial charge in [-0.3, -0.25) is 4.99 Å². The molecule has 3 N–H and O–H groups in total. The summed E-state index contributed by atoms with van der Waals surface area (Å²) in [5, 5.41) is 8.97. The molecule has 0 bridgehead atoms. The molecule has 1 atom stereocenters. The van der Waals surface area contributed by atoms with Gasteiger partial charge in [-0.05, 0) is 25.5 Å². The van der Waals surface area contributed by atoms with Crippen LogP contribution in [0.3, 0.4) is 0 Å². The van der Waals surface area contributed by atoms with Crippen LogP contribution in [0.15, 0.2) is 29.3 Å². The first-order valence-corrected chi connectivity index (χ1v) is 4.64. The van der Waals surface area contributed by atoms with Gasteiger partial charge in [0.2, 0.25) is 0 Å². The second kappa shape index (κ2) is 4.59. The second-order valence-electron chi connectivity index (χ2n) is 3.34. The van der Waals surface area contributed by atoms with Crippen LogP contribution in [0, 0.1) is 0 Å². The molecule has 0 heterocycles. The smallest absolute Gasteiger partial charge is 0.336 e. The highest BCUT2D eigenvalue weighted by Crippen LogP contribution is 2.20. The van der Waals surface area contributed by atoms with E-state index in [0.29, 0.717) is 11.4 Å². The lowest BCUT2D eigenvalue weighted by Gasteiger charge is -2.10. The van der Waals surface area contributed by atoms with Gasteiger partial charge in [0.1, 0.15) is 0 Å². The fraction of sp³-hybridized carbons (Fsp3) is 0.273. The summed E-state index contributed by atoms with van der Waals surface area (Å²) in [4.78, 5) is 15.1. The van der Waals surface area contributed by atoms with E-state index in [1.165, 1.54) is 0 Å². The number of hydrogen-bond donors (Lipinski definition) is 2. The number of nitrogens with zero attached hydrogens (tertiary/aromatic N) is 1. The van der Waals surface area contributed by atoms with Crippen molar-refractivity contribution in [1.29, 1.82) is 0 Å². The first-order chi connectivity index (χ1) is 7.02. The Morgan fingerprint density at radius 3 is 2.60 bits per heavy atom. The highest BCUT2D eigenvalue weighted by molar-refractivity contribution is 5.89. The first-order valence-electron chi connectivity index (χ1n) is 4.64. The summed E-state index contributed by atoms with van der Waals surface area (Å²) < 4.78 is 0. The summed E-state index contributed by atoms with van der Waals surface area (Å²) >= 11 is 0. The predicted octanol–water partition coefficient (Wildman–Crippen LogP) is 1.82. The third kappa shape index (κ3) is 2.80. The molecule has 0 fully saturated rings. The van der Waals surface area contributed by atoms with E-state index in [4.69, 9.17) is 10.8 Å². The maximum atomic E-state index is 10.9. The summed E-state index contributed by atoms with van der Waals surface area (Å²) in [7, 11) is 0. The summed E-state index contributed by atoms with van der Waals surface area (Å²) in [6.45, 7) is 3.50. The maximum Gasteiger partial charge on any atom is 0.336 e. The summed E-state index contributed by atoms with van der Waals surface area (Å²) in [6, 6.07) is 6.57.